The molecule has 0 radical (unpaired) electrons. The summed E-state index contributed by atoms with van der Waals surface area (Å²) in [6, 6.07) is 9.38. The lowest BCUT2D eigenvalue weighted by Crippen LogP contribution is -2.16. The van der Waals surface area contributed by atoms with Gasteiger partial charge in [0.25, 0.3) is 5.91 Å². The first-order valence-electron chi connectivity index (χ1n) is 8.57. The van der Waals surface area contributed by atoms with E-state index in [1.807, 2.05) is 0 Å². The average molecular weight is 441 g/mol. The summed E-state index contributed by atoms with van der Waals surface area (Å²) in [5, 5.41) is 9.82. The number of benzene rings is 2. The van der Waals surface area contributed by atoms with Crippen LogP contribution in [0.3, 0.4) is 0 Å². The van der Waals surface area contributed by atoms with Crippen molar-refractivity contribution in [2.24, 2.45) is 0 Å². The number of hydrogen-bond acceptors (Lipinski definition) is 4. The molecule has 0 fully saturated rings. The predicted molar refractivity (Wildman–Crippen MR) is 98.4 cm³/mol. The smallest absolute Gasteiger partial charge is 0.416 e. The molecule has 1 amide bonds. The SMILES string of the molecule is COc1cc(-c2cccc(C(F)(F)F)c2)nnc1NC(=O)c1cccc(C(F)(F)F)c1. The summed E-state index contributed by atoms with van der Waals surface area (Å²) in [4.78, 5) is 12.3. The molecule has 1 N–H and O–H groups in total. The summed E-state index contributed by atoms with van der Waals surface area (Å²) in [5.41, 5.74) is -2.01. The number of methoxy groups -OCH3 is 1. The van der Waals surface area contributed by atoms with E-state index >= 15 is 0 Å². The molecule has 11 heteroatoms. The number of carbonyl (C=O) groups is 1. The minimum atomic E-state index is -4.62. The molecule has 0 saturated carbocycles. The molecule has 1 aromatic heterocycles. The highest BCUT2D eigenvalue weighted by Gasteiger charge is 2.31. The first-order chi connectivity index (χ1) is 14.5. The molecule has 0 bridgehead atoms. The zero-order chi connectivity index (χ0) is 22.8. The second kappa shape index (κ2) is 8.25. The number of nitrogens with zero attached hydrogens (tertiary/aromatic N) is 2. The van der Waals surface area contributed by atoms with Gasteiger partial charge in [0.2, 0.25) is 0 Å². The molecule has 1 heterocycles. The number of halogens is 6. The van der Waals surface area contributed by atoms with E-state index in [9.17, 15) is 31.1 Å². The topological polar surface area (TPSA) is 64.1 Å². The number of carbonyl (C=O) groups excluding carboxylic acids is 1. The fourth-order valence-corrected chi connectivity index (χ4v) is 2.63. The van der Waals surface area contributed by atoms with Crippen LogP contribution < -0.4 is 10.1 Å². The van der Waals surface area contributed by atoms with Crippen LogP contribution >= 0.6 is 0 Å². The number of aromatic nitrogens is 2. The third-order valence-electron chi connectivity index (χ3n) is 4.15. The maximum Gasteiger partial charge on any atom is 0.416 e. The minimum absolute atomic E-state index is 0.0391. The van der Waals surface area contributed by atoms with Crippen LogP contribution in [0, 0.1) is 0 Å². The normalized spacial score (nSPS) is 11.8. The van der Waals surface area contributed by atoms with E-state index < -0.39 is 29.4 Å². The van der Waals surface area contributed by atoms with Gasteiger partial charge < -0.3 is 10.1 Å². The predicted octanol–water partition coefficient (Wildman–Crippen LogP) is 5.44. The Kier molecular flexibility index (Phi) is 5.87. The van der Waals surface area contributed by atoms with E-state index in [1.54, 1.807) is 0 Å². The molecule has 162 valence electrons. The fraction of sp³-hybridized carbons (Fsp3) is 0.150. The maximum atomic E-state index is 12.9. The summed E-state index contributed by atoms with van der Waals surface area (Å²) in [5.74, 6) is -1.14. The summed E-state index contributed by atoms with van der Waals surface area (Å²) in [7, 11) is 1.23. The third-order valence-corrected chi connectivity index (χ3v) is 4.15. The van der Waals surface area contributed by atoms with Gasteiger partial charge in [-0.1, -0.05) is 18.2 Å². The van der Waals surface area contributed by atoms with Crippen LogP contribution in [0.1, 0.15) is 21.5 Å². The van der Waals surface area contributed by atoms with Gasteiger partial charge in [-0.05, 0) is 30.3 Å². The summed E-state index contributed by atoms with van der Waals surface area (Å²) < 4.78 is 82.4. The van der Waals surface area contributed by atoms with Crippen LogP contribution in [0.25, 0.3) is 11.3 Å². The lowest BCUT2D eigenvalue weighted by Gasteiger charge is -2.12. The van der Waals surface area contributed by atoms with Crippen LogP contribution in [-0.2, 0) is 12.4 Å². The molecule has 31 heavy (non-hydrogen) atoms. The van der Waals surface area contributed by atoms with Gasteiger partial charge in [0.1, 0.15) is 0 Å². The van der Waals surface area contributed by atoms with Crippen molar-refractivity contribution in [3.05, 3.63) is 71.3 Å². The Morgan fingerprint density at radius 3 is 2.10 bits per heavy atom. The molecule has 0 atom stereocenters. The van der Waals surface area contributed by atoms with Crippen molar-refractivity contribution in [3.8, 4) is 17.0 Å². The Balaban J connectivity index is 1.88. The Bertz CT molecular complexity index is 1110. The Morgan fingerprint density at radius 1 is 0.871 bits per heavy atom. The van der Waals surface area contributed by atoms with E-state index in [-0.39, 0.29) is 28.4 Å². The second-order valence-electron chi connectivity index (χ2n) is 6.26. The first-order valence-corrected chi connectivity index (χ1v) is 8.57. The summed E-state index contributed by atoms with van der Waals surface area (Å²) in [6.45, 7) is 0. The second-order valence-corrected chi connectivity index (χ2v) is 6.26. The van der Waals surface area contributed by atoms with Gasteiger partial charge in [-0.25, -0.2) is 0 Å². The molecule has 0 spiro atoms. The van der Waals surface area contributed by atoms with Crippen molar-refractivity contribution in [3.63, 3.8) is 0 Å². The number of alkyl halides is 6. The van der Waals surface area contributed by atoms with E-state index in [4.69, 9.17) is 4.74 Å². The van der Waals surface area contributed by atoms with E-state index in [0.29, 0.717) is 6.07 Å². The van der Waals surface area contributed by atoms with E-state index in [0.717, 1.165) is 24.3 Å². The van der Waals surface area contributed by atoms with Crippen LogP contribution in [-0.4, -0.2) is 23.2 Å². The number of nitrogens with one attached hydrogen (secondary N) is 1. The number of rotatable bonds is 4. The zero-order valence-electron chi connectivity index (χ0n) is 15.7. The number of amides is 1. The Morgan fingerprint density at radius 2 is 1.48 bits per heavy atom. The molecular formula is C20H13F6N3O2. The highest BCUT2D eigenvalue weighted by Crippen LogP contribution is 2.33. The van der Waals surface area contributed by atoms with Gasteiger partial charge >= 0.3 is 12.4 Å². The molecule has 0 aliphatic heterocycles. The maximum absolute atomic E-state index is 12.9. The number of ether oxygens (including phenoxy) is 1. The molecule has 0 aliphatic rings. The van der Waals surface area contributed by atoms with Crippen molar-refractivity contribution in [2.75, 3.05) is 12.4 Å². The first kappa shape index (κ1) is 22.1. The highest BCUT2D eigenvalue weighted by atomic mass is 19.4. The molecule has 0 unspecified atom stereocenters. The van der Waals surface area contributed by atoms with Crippen LogP contribution in [0.4, 0.5) is 32.2 Å². The van der Waals surface area contributed by atoms with Crippen molar-refractivity contribution in [2.45, 2.75) is 12.4 Å². The average Bonchev–Trinajstić information content (AvgIpc) is 2.73. The van der Waals surface area contributed by atoms with Crippen LogP contribution in [0.5, 0.6) is 5.75 Å². The van der Waals surface area contributed by atoms with E-state index in [1.165, 1.54) is 31.4 Å². The van der Waals surface area contributed by atoms with Crippen LogP contribution in [0.2, 0.25) is 0 Å². The molecule has 3 rings (SSSR count). The van der Waals surface area contributed by atoms with Crippen LogP contribution in [0.15, 0.2) is 54.6 Å². The molecular weight excluding hydrogens is 428 g/mol. The van der Waals surface area contributed by atoms with Gasteiger partial charge in [0.05, 0.1) is 23.9 Å². The van der Waals surface area contributed by atoms with Gasteiger partial charge in [0.15, 0.2) is 11.6 Å². The van der Waals surface area contributed by atoms with Crippen molar-refractivity contribution >= 4 is 11.7 Å². The Labute approximate surface area is 171 Å². The standard InChI is InChI=1S/C20H13F6N3O2/c1-31-16-10-15(11-4-2-6-13(8-11)19(21,22)23)28-29-17(16)27-18(30)12-5-3-7-14(9-12)20(24,25)26/h2-10H,1H3,(H,27,29,30). The molecule has 5 nitrogen and oxygen atoms in total. The highest BCUT2D eigenvalue weighted by molar-refractivity contribution is 6.04. The summed E-state index contributed by atoms with van der Waals surface area (Å²) >= 11 is 0. The van der Waals surface area contributed by atoms with Gasteiger partial charge in [-0.2, -0.15) is 26.3 Å². The Hall–Kier alpha value is -3.63. The van der Waals surface area contributed by atoms with Gasteiger partial charge in [-0.15, -0.1) is 10.2 Å². The van der Waals surface area contributed by atoms with E-state index in [2.05, 4.69) is 15.5 Å². The molecule has 3 aromatic rings. The van der Waals surface area contributed by atoms with Crippen molar-refractivity contribution in [1.82, 2.24) is 10.2 Å². The lowest BCUT2D eigenvalue weighted by molar-refractivity contribution is -0.138. The third kappa shape index (κ3) is 5.11. The van der Waals surface area contributed by atoms with Gasteiger partial charge in [-0.3, -0.25) is 4.79 Å². The number of hydrogen-bond donors (Lipinski definition) is 1. The molecule has 0 aliphatic carbocycles. The zero-order valence-corrected chi connectivity index (χ0v) is 15.7. The van der Waals surface area contributed by atoms with Crippen molar-refractivity contribution in [1.29, 1.82) is 0 Å². The monoisotopic (exact) mass is 441 g/mol. The minimum Gasteiger partial charge on any atom is -0.493 e. The largest absolute Gasteiger partial charge is 0.493 e. The summed E-state index contributed by atoms with van der Waals surface area (Å²) in [6.07, 6.45) is -9.17. The van der Waals surface area contributed by atoms with Crippen molar-refractivity contribution < 1.29 is 35.9 Å². The number of anilines is 1. The quantitative estimate of drug-likeness (QED) is 0.548. The van der Waals surface area contributed by atoms with Gasteiger partial charge in [0, 0.05) is 17.2 Å². The lowest BCUT2D eigenvalue weighted by atomic mass is 10.1. The molecule has 0 saturated heterocycles. The fourth-order valence-electron chi connectivity index (χ4n) is 2.63. The molecule has 2 aromatic carbocycles.